The molecular weight excluding hydrogens is 588 g/mol. The molecule has 1 aliphatic carbocycles. The number of carbonyl (C=O) groups excluding carboxylic acids is 2. The van der Waals surface area contributed by atoms with Gasteiger partial charge in [-0.25, -0.2) is 13.1 Å². The lowest BCUT2D eigenvalue weighted by Gasteiger charge is -2.20. The Hall–Kier alpha value is -4.45. The van der Waals surface area contributed by atoms with E-state index in [1.165, 1.54) is 12.1 Å². The van der Waals surface area contributed by atoms with Crippen molar-refractivity contribution >= 4 is 44.6 Å². The van der Waals surface area contributed by atoms with Gasteiger partial charge < -0.3 is 21.3 Å². The first-order valence-electron chi connectivity index (χ1n) is 13.4. The summed E-state index contributed by atoms with van der Waals surface area (Å²) in [6, 6.07) is 16.9. The highest BCUT2D eigenvalue weighted by molar-refractivity contribution is 7.90. The van der Waals surface area contributed by atoms with Crippen molar-refractivity contribution in [1.82, 2.24) is 14.7 Å². The Morgan fingerprint density at radius 3 is 2.35 bits per heavy atom. The minimum Gasteiger partial charge on any atom is -0.364 e. The predicted octanol–water partition coefficient (Wildman–Crippen LogP) is 4.53. The van der Waals surface area contributed by atoms with Gasteiger partial charge in [-0.2, -0.15) is 5.10 Å². The third-order valence-electron chi connectivity index (χ3n) is 7.03. The summed E-state index contributed by atoms with van der Waals surface area (Å²) in [6.07, 6.45) is 2.32. The number of aryl methyl sites for hydroxylation is 1. The number of aromatic nitrogens is 2. The van der Waals surface area contributed by atoms with E-state index in [9.17, 15) is 18.0 Å². The number of primary amides is 1. The molecule has 4 aromatic rings. The molecule has 5 rings (SSSR count). The summed E-state index contributed by atoms with van der Waals surface area (Å²) in [7, 11) is 0.475. The third kappa shape index (κ3) is 6.34. The molecule has 0 unspecified atom stereocenters. The van der Waals surface area contributed by atoms with E-state index < -0.39 is 21.7 Å². The maximum Gasteiger partial charge on any atom is 0.269 e. The molecule has 4 N–H and O–H groups in total. The van der Waals surface area contributed by atoms with E-state index in [0.717, 1.165) is 23.1 Å². The van der Waals surface area contributed by atoms with Gasteiger partial charge in [0, 0.05) is 41.0 Å². The van der Waals surface area contributed by atoms with Gasteiger partial charge in [-0.05, 0) is 87.1 Å². The molecule has 0 saturated carbocycles. The summed E-state index contributed by atoms with van der Waals surface area (Å²) >= 11 is 6.41. The summed E-state index contributed by atoms with van der Waals surface area (Å²) in [4.78, 5) is 27.9. The van der Waals surface area contributed by atoms with E-state index >= 15 is 0 Å². The van der Waals surface area contributed by atoms with Crippen molar-refractivity contribution in [3.8, 4) is 16.9 Å². The van der Waals surface area contributed by atoms with E-state index in [1.54, 1.807) is 35.0 Å². The Balaban J connectivity index is 1.50. The second-order valence-electron chi connectivity index (χ2n) is 10.7. The molecule has 12 heteroatoms. The van der Waals surface area contributed by atoms with Crippen molar-refractivity contribution in [3.05, 3.63) is 100 Å². The lowest BCUT2D eigenvalue weighted by molar-refractivity contribution is 0.0992. The molecule has 1 aliphatic rings. The van der Waals surface area contributed by atoms with Crippen LogP contribution in [0.4, 0.5) is 11.4 Å². The summed E-state index contributed by atoms with van der Waals surface area (Å²) in [6.45, 7) is 4.64. The molecule has 0 fully saturated rings. The highest BCUT2D eigenvalue weighted by atomic mass is 35.5. The molecule has 3 aromatic carbocycles. The normalized spacial score (nSPS) is 12.4. The average molecular weight is 619 g/mol. The Morgan fingerprint density at radius 1 is 1.02 bits per heavy atom. The van der Waals surface area contributed by atoms with Crippen LogP contribution in [-0.2, 0) is 22.7 Å². The topological polar surface area (TPSA) is 139 Å². The molecule has 0 spiro atoms. The van der Waals surface area contributed by atoms with E-state index in [2.05, 4.69) is 22.3 Å². The molecule has 43 heavy (non-hydrogen) atoms. The number of anilines is 2. The van der Waals surface area contributed by atoms with Crippen molar-refractivity contribution in [2.45, 2.75) is 17.7 Å². The number of sulfone groups is 1. The van der Waals surface area contributed by atoms with Gasteiger partial charge in [0.15, 0.2) is 15.5 Å². The molecule has 10 nitrogen and oxygen atoms in total. The Morgan fingerprint density at radius 2 is 1.70 bits per heavy atom. The minimum atomic E-state index is -3.40. The van der Waals surface area contributed by atoms with Crippen molar-refractivity contribution in [1.29, 1.82) is 0 Å². The number of hydrogen-bond acceptors (Lipinski definition) is 7. The molecule has 0 atom stereocenters. The quantitative estimate of drug-likeness (QED) is 0.250. The van der Waals surface area contributed by atoms with Crippen molar-refractivity contribution in [2.24, 2.45) is 5.73 Å². The highest BCUT2D eigenvalue weighted by Gasteiger charge is 2.28. The number of nitrogens with one attached hydrogen (secondary N) is 2. The number of fused-ring (bicyclic) bond motifs is 3. The summed E-state index contributed by atoms with van der Waals surface area (Å²) < 4.78 is 25.6. The number of halogens is 1. The Bertz CT molecular complexity index is 1880. The largest absolute Gasteiger partial charge is 0.364 e. The van der Waals surface area contributed by atoms with Crippen LogP contribution < -0.4 is 16.4 Å². The predicted molar refractivity (Wildman–Crippen MR) is 169 cm³/mol. The molecule has 0 radical (unpaired) electrons. The first kappa shape index (κ1) is 30.0. The number of likely N-dealkylation sites (N-methyl/N-ethyl adjacent to an activating group) is 1. The number of amides is 2. The summed E-state index contributed by atoms with van der Waals surface area (Å²) in [5.41, 5.74) is 11.8. The third-order valence-corrected chi connectivity index (χ3v) is 8.49. The Labute approximate surface area is 255 Å². The zero-order chi connectivity index (χ0) is 31.1. The van der Waals surface area contributed by atoms with Crippen molar-refractivity contribution < 1.29 is 18.0 Å². The van der Waals surface area contributed by atoms with Crippen LogP contribution in [0.1, 0.15) is 32.0 Å². The Kier molecular flexibility index (Phi) is 8.15. The van der Waals surface area contributed by atoms with Gasteiger partial charge in [-0.3, -0.25) is 9.59 Å². The smallest absolute Gasteiger partial charge is 0.269 e. The summed E-state index contributed by atoms with van der Waals surface area (Å²) in [5.74, 6) is -1.06. The van der Waals surface area contributed by atoms with Crippen LogP contribution in [0, 0.1) is 0 Å². The number of nitrogens with two attached hydrogens (primary N) is 1. The maximum absolute atomic E-state index is 13.4. The van der Waals surface area contributed by atoms with Crippen LogP contribution in [0.25, 0.3) is 16.9 Å². The van der Waals surface area contributed by atoms with Crippen LogP contribution in [0.15, 0.2) is 77.8 Å². The molecule has 2 amide bonds. The minimum absolute atomic E-state index is 0.147. The lowest BCUT2D eigenvalue weighted by atomic mass is 9.88. The first-order chi connectivity index (χ1) is 20.3. The second kappa shape index (κ2) is 11.7. The van der Waals surface area contributed by atoms with Gasteiger partial charge in [-0.1, -0.05) is 24.2 Å². The van der Waals surface area contributed by atoms with Gasteiger partial charge >= 0.3 is 0 Å². The molecule has 1 aromatic heterocycles. The first-order valence-corrected chi connectivity index (χ1v) is 15.6. The fourth-order valence-electron chi connectivity index (χ4n) is 5.14. The highest BCUT2D eigenvalue weighted by Crippen LogP contribution is 2.38. The lowest BCUT2D eigenvalue weighted by Crippen LogP contribution is -2.19. The number of nitrogens with zero attached hydrogens (tertiary/aromatic N) is 3. The monoisotopic (exact) mass is 618 g/mol. The number of carbonyl (C=O) groups is 2. The van der Waals surface area contributed by atoms with E-state index in [-0.39, 0.29) is 16.2 Å². The van der Waals surface area contributed by atoms with E-state index in [4.69, 9.17) is 17.3 Å². The number of rotatable bonds is 9. The van der Waals surface area contributed by atoms with Gasteiger partial charge in [0.1, 0.15) is 0 Å². The van der Waals surface area contributed by atoms with Gasteiger partial charge in [0.2, 0.25) is 0 Å². The fraction of sp³-hybridized carbons (Fsp3) is 0.194. The van der Waals surface area contributed by atoms with Gasteiger partial charge in [0.25, 0.3) is 11.8 Å². The maximum atomic E-state index is 13.4. The average Bonchev–Trinajstić information content (AvgIpc) is 3.34. The van der Waals surface area contributed by atoms with Crippen LogP contribution in [0.2, 0.25) is 5.02 Å². The van der Waals surface area contributed by atoms with Crippen LogP contribution in [-0.4, -0.2) is 61.8 Å². The molecule has 0 bridgehead atoms. The zero-order valence-electron chi connectivity index (χ0n) is 23.9. The molecule has 0 saturated heterocycles. The molecular formula is C31H31ClN6O4S. The van der Waals surface area contributed by atoms with Crippen LogP contribution in [0.5, 0.6) is 0 Å². The van der Waals surface area contributed by atoms with Crippen molar-refractivity contribution in [2.75, 3.05) is 37.5 Å². The molecule has 222 valence electrons. The van der Waals surface area contributed by atoms with E-state index in [0.29, 0.717) is 52.7 Å². The van der Waals surface area contributed by atoms with Crippen LogP contribution >= 0.6 is 11.6 Å². The second-order valence-corrected chi connectivity index (χ2v) is 13.1. The zero-order valence-corrected chi connectivity index (χ0v) is 25.5. The van der Waals surface area contributed by atoms with Gasteiger partial charge in [-0.15, -0.1) is 0 Å². The molecule has 1 heterocycles. The van der Waals surface area contributed by atoms with Crippen molar-refractivity contribution in [3.63, 3.8) is 0 Å². The summed E-state index contributed by atoms with van der Waals surface area (Å²) in [5, 5.41) is 11.0. The van der Waals surface area contributed by atoms with Gasteiger partial charge in [0.05, 0.1) is 26.9 Å². The fourth-order valence-corrected chi connectivity index (χ4v) is 5.97. The molecule has 0 aliphatic heterocycles. The van der Waals surface area contributed by atoms with E-state index in [1.807, 2.05) is 37.2 Å². The number of hydrogen-bond donors (Lipinski definition) is 3. The SMILES string of the molecule is C=C(CN(C)C)Nc1ccc(Cl)c(C(=O)Nc2ccc3c(c2)-c2c(c(C(N)=O)nn2-c2ccc(S(C)(=O)=O)cc2)CC3)c1. The van der Waals surface area contributed by atoms with Crippen LogP contribution in [0.3, 0.4) is 0 Å². The standard InChI is InChI=1S/C31H31ClN6O4S/c1-18(17-37(2)3)34-20-8-14-27(32)26(16-20)31(40)35-21-7-5-19-6-13-24-28(30(33)39)36-38(29(24)25(19)15-21)22-9-11-23(12-10-22)43(4,41)42/h5,7-12,14-16,34H,1,6,13,17H2,2-4H3,(H2,33,39)(H,35,40). The number of benzene rings is 3.